The number of unbranched alkanes of at least 4 members (excludes halogenated alkanes) is 1. The number of aryl methyl sites for hydroxylation is 2. The van der Waals surface area contributed by atoms with Gasteiger partial charge in [-0.1, -0.05) is 31.5 Å². The van der Waals surface area contributed by atoms with Crippen molar-refractivity contribution < 1.29 is 0 Å². The van der Waals surface area contributed by atoms with Crippen LogP contribution in [0, 0.1) is 6.92 Å². The lowest BCUT2D eigenvalue weighted by atomic mass is 10.0. The van der Waals surface area contributed by atoms with Gasteiger partial charge in [0.15, 0.2) is 0 Å². The summed E-state index contributed by atoms with van der Waals surface area (Å²) in [6.07, 6.45) is 5.82. The van der Waals surface area contributed by atoms with Crippen molar-refractivity contribution in [2.45, 2.75) is 33.1 Å². The number of benzene rings is 1. The third-order valence-corrected chi connectivity index (χ3v) is 2.81. The first-order chi connectivity index (χ1) is 6.83. The van der Waals surface area contributed by atoms with E-state index in [0.29, 0.717) is 0 Å². The Hall–Kier alpha value is -1.24. The van der Waals surface area contributed by atoms with Crippen molar-refractivity contribution in [1.29, 1.82) is 0 Å². The molecule has 0 fully saturated rings. The SMILES string of the molecule is CCCCc1cccc2c(C)c[nH]c12. The normalized spacial score (nSPS) is 11.0. The quantitative estimate of drug-likeness (QED) is 0.752. The van der Waals surface area contributed by atoms with Crippen LogP contribution >= 0.6 is 0 Å². The van der Waals surface area contributed by atoms with Crippen molar-refractivity contribution in [2.24, 2.45) is 0 Å². The molecule has 0 spiro atoms. The molecule has 0 saturated carbocycles. The third-order valence-electron chi connectivity index (χ3n) is 2.81. The molecule has 1 heterocycles. The molecule has 0 saturated heterocycles. The van der Waals surface area contributed by atoms with Gasteiger partial charge in [-0.15, -0.1) is 0 Å². The molecule has 1 aromatic heterocycles. The Kier molecular flexibility index (Phi) is 2.58. The van der Waals surface area contributed by atoms with Gasteiger partial charge in [-0.05, 0) is 30.9 Å². The van der Waals surface area contributed by atoms with Crippen molar-refractivity contribution in [3.8, 4) is 0 Å². The summed E-state index contributed by atoms with van der Waals surface area (Å²) >= 11 is 0. The Morgan fingerprint density at radius 1 is 1.29 bits per heavy atom. The highest BCUT2D eigenvalue weighted by Crippen LogP contribution is 2.22. The maximum absolute atomic E-state index is 3.37. The first-order valence-corrected chi connectivity index (χ1v) is 5.38. The molecule has 0 unspecified atom stereocenters. The standard InChI is InChI=1S/C13H17N/c1-3-4-6-11-7-5-8-12-10(2)9-14-13(11)12/h5,7-9,14H,3-4,6H2,1-2H3. The molecular weight excluding hydrogens is 170 g/mol. The second-order valence-electron chi connectivity index (χ2n) is 3.91. The molecule has 2 aromatic rings. The number of fused-ring (bicyclic) bond motifs is 1. The summed E-state index contributed by atoms with van der Waals surface area (Å²) in [5, 5.41) is 1.37. The van der Waals surface area contributed by atoms with E-state index in [4.69, 9.17) is 0 Å². The Bertz CT molecular complexity index is 426. The summed E-state index contributed by atoms with van der Waals surface area (Å²) in [6, 6.07) is 6.58. The van der Waals surface area contributed by atoms with Crippen LogP contribution in [0.1, 0.15) is 30.9 Å². The fraction of sp³-hybridized carbons (Fsp3) is 0.385. The Morgan fingerprint density at radius 2 is 2.14 bits per heavy atom. The second-order valence-corrected chi connectivity index (χ2v) is 3.91. The minimum Gasteiger partial charge on any atom is -0.361 e. The van der Waals surface area contributed by atoms with Gasteiger partial charge in [0.1, 0.15) is 0 Å². The van der Waals surface area contributed by atoms with Crippen molar-refractivity contribution in [2.75, 3.05) is 0 Å². The zero-order chi connectivity index (χ0) is 9.97. The molecule has 0 bridgehead atoms. The van der Waals surface area contributed by atoms with E-state index in [1.165, 1.54) is 41.3 Å². The van der Waals surface area contributed by atoms with Gasteiger partial charge in [-0.2, -0.15) is 0 Å². The van der Waals surface area contributed by atoms with Gasteiger partial charge in [0.25, 0.3) is 0 Å². The van der Waals surface area contributed by atoms with Crippen LogP contribution in [0.5, 0.6) is 0 Å². The average Bonchev–Trinajstić information content (AvgIpc) is 2.58. The Morgan fingerprint density at radius 3 is 2.93 bits per heavy atom. The number of hydrogen-bond donors (Lipinski definition) is 1. The van der Waals surface area contributed by atoms with Crippen LogP contribution < -0.4 is 0 Å². The van der Waals surface area contributed by atoms with Crippen molar-refractivity contribution in [1.82, 2.24) is 4.98 Å². The Labute approximate surface area is 85.1 Å². The van der Waals surface area contributed by atoms with Gasteiger partial charge >= 0.3 is 0 Å². The van der Waals surface area contributed by atoms with E-state index in [2.05, 4.69) is 43.2 Å². The fourth-order valence-electron chi connectivity index (χ4n) is 1.93. The lowest BCUT2D eigenvalue weighted by molar-refractivity contribution is 0.798. The zero-order valence-electron chi connectivity index (χ0n) is 8.93. The Balaban J connectivity index is 2.44. The molecule has 1 nitrogen and oxygen atoms in total. The molecule has 0 aliphatic heterocycles. The van der Waals surface area contributed by atoms with E-state index in [1.54, 1.807) is 0 Å². The van der Waals surface area contributed by atoms with Gasteiger partial charge in [0, 0.05) is 17.1 Å². The molecule has 1 N–H and O–H groups in total. The molecule has 0 radical (unpaired) electrons. The summed E-state index contributed by atoms with van der Waals surface area (Å²) in [5.41, 5.74) is 4.13. The summed E-state index contributed by atoms with van der Waals surface area (Å²) in [6.45, 7) is 4.39. The molecule has 2 rings (SSSR count). The summed E-state index contributed by atoms with van der Waals surface area (Å²) in [7, 11) is 0. The molecule has 0 aliphatic carbocycles. The number of nitrogens with one attached hydrogen (secondary N) is 1. The highest BCUT2D eigenvalue weighted by molar-refractivity contribution is 5.85. The van der Waals surface area contributed by atoms with Crippen LogP contribution in [0.25, 0.3) is 10.9 Å². The predicted molar refractivity (Wildman–Crippen MR) is 61.6 cm³/mol. The van der Waals surface area contributed by atoms with Crippen LogP contribution in [-0.2, 0) is 6.42 Å². The fourth-order valence-corrected chi connectivity index (χ4v) is 1.93. The minimum atomic E-state index is 1.19. The summed E-state index contributed by atoms with van der Waals surface area (Å²) in [4.78, 5) is 3.37. The number of aromatic amines is 1. The average molecular weight is 187 g/mol. The second kappa shape index (κ2) is 3.87. The topological polar surface area (TPSA) is 15.8 Å². The molecule has 74 valence electrons. The number of aromatic nitrogens is 1. The summed E-state index contributed by atoms with van der Waals surface area (Å²) < 4.78 is 0. The molecule has 1 aromatic carbocycles. The van der Waals surface area contributed by atoms with Crippen molar-refractivity contribution in [3.05, 3.63) is 35.5 Å². The van der Waals surface area contributed by atoms with E-state index in [0.717, 1.165) is 0 Å². The van der Waals surface area contributed by atoms with Crippen LogP contribution in [0.2, 0.25) is 0 Å². The molecule has 14 heavy (non-hydrogen) atoms. The van der Waals surface area contributed by atoms with Gasteiger partial charge in [-0.3, -0.25) is 0 Å². The van der Waals surface area contributed by atoms with Crippen LogP contribution in [-0.4, -0.2) is 4.98 Å². The molecule has 0 amide bonds. The maximum Gasteiger partial charge on any atom is 0.0489 e. The lowest BCUT2D eigenvalue weighted by Crippen LogP contribution is -1.86. The van der Waals surface area contributed by atoms with E-state index in [-0.39, 0.29) is 0 Å². The van der Waals surface area contributed by atoms with Crippen molar-refractivity contribution in [3.63, 3.8) is 0 Å². The monoisotopic (exact) mass is 187 g/mol. The number of rotatable bonds is 3. The first kappa shape index (κ1) is 9.32. The maximum atomic E-state index is 3.37. The molecular formula is C13H17N. The van der Waals surface area contributed by atoms with Gasteiger partial charge in [0.2, 0.25) is 0 Å². The highest BCUT2D eigenvalue weighted by Gasteiger charge is 2.03. The van der Waals surface area contributed by atoms with Gasteiger partial charge in [-0.25, -0.2) is 0 Å². The smallest absolute Gasteiger partial charge is 0.0489 e. The van der Waals surface area contributed by atoms with Crippen molar-refractivity contribution >= 4 is 10.9 Å². The van der Waals surface area contributed by atoms with Gasteiger partial charge in [0.05, 0.1) is 0 Å². The number of para-hydroxylation sites is 1. The van der Waals surface area contributed by atoms with E-state index in [9.17, 15) is 0 Å². The predicted octanol–water partition coefficient (Wildman–Crippen LogP) is 3.82. The molecule has 0 aliphatic rings. The summed E-state index contributed by atoms with van der Waals surface area (Å²) in [5.74, 6) is 0. The zero-order valence-corrected chi connectivity index (χ0v) is 8.93. The first-order valence-electron chi connectivity index (χ1n) is 5.38. The highest BCUT2D eigenvalue weighted by atomic mass is 14.7. The minimum absolute atomic E-state index is 1.19. The van der Waals surface area contributed by atoms with E-state index in [1.807, 2.05) is 0 Å². The van der Waals surface area contributed by atoms with E-state index < -0.39 is 0 Å². The molecule has 1 heteroatoms. The van der Waals surface area contributed by atoms with Crippen LogP contribution in [0.4, 0.5) is 0 Å². The molecule has 0 atom stereocenters. The number of H-pyrrole nitrogens is 1. The van der Waals surface area contributed by atoms with Crippen LogP contribution in [0.15, 0.2) is 24.4 Å². The third kappa shape index (κ3) is 1.54. The van der Waals surface area contributed by atoms with Gasteiger partial charge < -0.3 is 4.98 Å². The van der Waals surface area contributed by atoms with E-state index >= 15 is 0 Å². The lowest BCUT2D eigenvalue weighted by Gasteiger charge is -2.01. The number of hydrogen-bond acceptors (Lipinski definition) is 0. The van der Waals surface area contributed by atoms with Crippen LogP contribution in [0.3, 0.4) is 0 Å². The largest absolute Gasteiger partial charge is 0.361 e.